The number of benzene rings is 1. The fourth-order valence-corrected chi connectivity index (χ4v) is 4.09. The van der Waals surface area contributed by atoms with Crippen LogP contribution in [0.15, 0.2) is 63.6 Å². The predicted molar refractivity (Wildman–Crippen MR) is 101 cm³/mol. The highest BCUT2D eigenvalue weighted by Gasteiger charge is 2.14. The molecule has 0 spiro atoms. The van der Waals surface area contributed by atoms with Crippen molar-refractivity contribution in [1.29, 1.82) is 0 Å². The van der Waals surface area contributed by atoms with Gasteiger partial charge in [-0.2, -0.15) is 0 Å². The highest BCUT2D eigenvalue weighted by atomic mass is 32.2. The van der Waals surface area contributed by atoms with Gasteiger partial charge in [0.15, 0.2) is 16.7 Å². The Bertz CT molecular complexity index is 945. The second-order valence-corrected chi connectivity index (χ2v) is 7.26. The van der Waals surface area contributed by atoms with Gasteiger partial charge in [0.25, 0.3) is 0 Å². The second kappa shape index (κ2) is 7.25. The minimum atomic E-state index is 0.696. The number of thiophene rings is 1. The molecule has 0 radical (unpaired) electrons. The lowest BCUT2D eigenvalue weighted by Gasteiger charge is -2.06. The van der Waals surface area contributed by atoms with Crippen molar-refractivity contribution in [3.05, 3.63) is 59.6 Å². The van der Waals surface area contributed by atoms with Crippen LogP contribution in [0.5, 0.6) is 0 Å². The Balaban J connectivity index is 1.51. The Hall–Kier alpha value is -2.38. The van der Waals surface area contributed by atoms with Gasteiger partial charge >= 0.3 is 0 Å². The second-order valence-electron chi connectivity index (χ2n) is 5.36. The first-order valence-electron chi connectivity index (χ1n) is 7.96. The molecule has 0 aliphatic carbocycles. The molecule has 3 aromatic heterocycles. The van der Waals surface area contributed by atoms with E-state index >= 15 is 0 Å². The molecule has 0 atom stereocenters. The van der Waals surface area contributed by atoms with Crippen molar-refractivity contribution in [3.63, 3.8) is 0 Å². The number of hydrogen-bond acceptors (Lipinski definition) is 6. The van der Waals surface area contributed by atoms with Gasteiger partial charge in [0.2, 0.25) is 0 Å². The summed E-state index contributed by atoms with van der Waals surface area (Å²) in [6.45, 7) is 2.92. The standard InChI is InChI=1S/C18H16N4OS2/c1-2-22-17(13-7-4-3-5-8-13)19-20-18(22)25-12-14-11-15(23-21-14)16-9-6-10-24-16/h3-11H,2,12H2,1H3. The van der Waals surface area contributed by atoms with Crippen LogP contribution in [0.4, 0.5) is 0 Å². The Morgan fingerprint density at radius 2 is 2.00 bits per heavy atom. The maximum atomic E-state index is 5.43. The Morgan fingerprint density at radius 3 is 2.76 bits per heavy atom. The lowest BCUT2D eigenvalue weighted by atomic mass is 10.2. The van der Waals surface area contributed by atoms with E-state index in [1.165, 1.54) is 0 Å². The van der Waals surface area contributed by atoms with Gasteiger partial charge in [-0.25, -0.2) is 0 Å². The molecule has 25 heavy (non-hydrogen) atoms. The van der Waals surface area contributed by atoms with E-state index in [-0.39, 0.29) is 0 Å². The van der Waals surface area contributed by atoms with Gasteiger partial charge in [0, 0.05) is 23.9 Å². The van der Waals surface area contributed by atoms with Crippen LogP contribution >= 0.6 is 23.1 Å². The summed E-state index contributed by atoms with van der Waals surface area (Å²) >= 11 is 3.26. The normalized spacial score (nSPS) is 11.1. The summed E-state index contributed by atoms with van der Waals surface area (Å²) in [5.74, 6) is 2.40. The van der Waals surface area contributed by atoms with Gasteiger partial charge in [-0.15, -0.1) is 21.5 Å². The summed E-state index contributed by atoms with van der Waals surface area (Å²) in [6.07, 6.45) is 0. The SMILES string of the molecule is CCn1c(SCc2cc(-c3cccs3)on2)nnc1-c1ccccc1. The summed E-state index contributed by atoms with van der Waals surface area (Å²) in [5.41, 5.74) is 1.98. The van der Waals surface area contributed by atoms with Crippen LogP contribution in [-0.4, -0.2) is 19.9 Å². The fourth-order valence-electron chi connectivity index (χ4n) is 2.53. The number of thioether (sulfide) groups is 1. The minimum absolute atomic E-state index is 0.696. The topological polar surface area (TPSA) is 56.7 Å². The molecule has 5 nitrogen and oxygen atoms in total. The van der Waals surface area contributed by atoms with Crippen molar-refractivity contribution in [1.82, 2.24) is 19.9 Å². The summed E-state index contributed by atoms with van der Waals surface area (Å²) in [5, 5.41) is 15.8. The van der Waals surface area contributed by atoms with E-state index in [0.29, 0.717) is 5.75 Å². The van der Waals surface area contributed by atoms with Crippen LogP contribution in [0.1, 0.15) is 12.6 Å². The third kappa shape index (κ3) is 3.38. The van der Waals surface area contributed by atoms with Gasteiger partial charge in [-0.3, -0.25) is 0 Å². The summed E-state index contributed by atoms with van der Waals surface area (Å²) in [4.78, 5) is 1.09. The molecule has 0 N–H and O–H groups in total. The fraction of sp³-hybridized carbons (Fsp3) is 0.167. The average molecular weight is 368 g/mol. The lowest BCUT2D eigenvalue weighted by Crippen LogP contribution is -1.99. The van der Waals surface area contributed by atoms with Gasteiger partial charge in [0.1, 0.15) is 0 Å². The van der Waals surface area contributed by atoms with Crippen molar-refractivity contribution in [3.8, 4) is 22.0 Å². The molecule has 4 aromatic rings. The molecule has 126 valence electrons. The van der Waals surface area contributed by atoms with Crippen molar-refractivity contribution in [2.45, 2.75) is 24.4 Å². The van der Waals surface area contributed by atoms with E-state index in [4.69, 9.17) is 4.52 Å². The summed E-state index contributed by atoms with van der Waals surface area (Å²) in [7, 11) is 0. The van der Waals surface area contributed by atoms with Crippen molar-refractivity contribution >= 4 is 23.1 Å². The van der Waals surface area contributed by atoms with E-state index in [9.17, 15) is 0 Å². The Kier molecular flexibility index (Phi) is 4.67. The molecule has 0 aliphatic heterocycles. The summed E-state index contributed by atoms with van der Waals surface area (Å²) in [6, 6.07) is 16.2. The molecule has 0 aliphatic rings. The first-order valence-corrected chi connectivity index (χ1v) is 9.82. The predicted octanol–water partition coefficient (Wildman–Crippen LogP) is 4.97. The molecular weight excluding hydrogens is 352 g/mol. The molecule has 0 bridgehead atoms. The maximum absolute atomic E-state index is 5.43. The Labute approximate surface area is 153 Å². The number of rotatable bonds is 6. The van der Waals surface area contributed by atoms with E-state index in [1.54, 1.807) is 23.1 Å². The van der Waals surface area contributed by atoms with Crippen molar-refractivity contribution < 1.29 is 4.52 Å². The lowest BCUT2D eigenvalue weighted by molar-refractivity contribution is 0.427. The van der Waals surface area contributed by atoms with Gasteiger partial charge < -0.3 is 9.09 Å². The highest BCUT2D eigenvalue weighted by Crippen LogP contribution is 2.29. The monoisotopic (exact) mass is 368 g/mol. The first-order chi connectivity index (χ1) is 12.3. The Morgan fingerprint density at radius 1 is 1.12 bits per heavy atom. The van der Waals surface area contributed by atoms with E-state index in [1.807, 2.05) is 41.8 Å². The van der Waals surface area contributed by atoms with Crippen molar-refractivity contribution in [2.24, 2.45) is 0 Å². The van der Waals surface area contributed by atoms with Crippen LogP contribution in [-0.2, 0) is 12.3 Å². The molecule has 0 saturated heterocycles. The molecule has 0 amide bonds. The van der Waals surface area contributed by atoms with Crippen molar-refractivity contribution in [2.75, 3.05) is 0 Å². The molecule has 4 rings (SSSR count). The van der Waals surface area contributed by atoms with Gasteiger partial charge in [-0.1, -0.05) is 53.3 Å². The minimum Gasteiger partial charge on any atom is -0.355 e. The summed E-state index contributed by atoms with van der Waals surface area (Å²) < 4.78 is 7.56. The molecule has 0 unspecified atom stereocenters. The van der Waals surface area contributed by atoms with Crippen LogP contribution in [0.3, 0.4) is 0 Å². The molecule has 7 heteroatoms. The number of nitrogens with zero attached hydrogens (tertiary/aromatic N) is 4. The molecule has 3 heterocycles. The van der Waals surface area contributed by atoms with Crippen LogP contribution in [0.2, 0.25) is 0 Å². The maximum Gasteiger partial charge on any atom is 0.191 e. The van der Waals surface area contributed by atoms with E-state index in [2.05, 4.69) is 39.0 Å². The molecular formula is C18H16N4OS2. The van der Waals surface area contributed by atoms with Crippen LogP contribution in [0.25, 0.3) is 22.0 Å². The van der Waals surface area contributed by atoms with E-state index in [0.717, 1.165) is 39.4 Å². The smallest absolute Gasteiger partial charge is 0.191 e. The quantitative estimate of drug-likeness (QED) is 0.450. The van der Waals surface area contributed by atoms with Gasteiger partial charge in [-0.05, 0) is 18.4 Å². The molecule has 0 fully saturated rings. The molecule has 1 aromatic carbocycles. The van der Waals surface area contributed by atoms with Crippen LogP contribution in [0, 0.1) is 0 Å². The third-order valence-corrected chi connectivity index (χ3v) is 5.62. The number of hydrogen-bond donors (Lipinski definition) is 0. The zero-order valence-electron chi connectivity index (χ0n) is 13.6. The zero-order chi connectivity index (χ0) is 17.1. The third-order valence-electron chi connectivity index (χ3n) is 3.74. The average Bonchev–Trinajstić information content (AvgIpc) is 3.39. The van der Waals surface area contributed by atoms with Gasteiger partial charge in [0.05, 0.1) is 10.6 Å². The highest BCUT2D eigenvalue weighted by molar-refractivity contribution is 7.98. The van der Waals surface area contributed by atoms with E-state index < -0.39 is 0 Å². The van der Waals surface area contributed by atoms with Crippen LogP contribution < -0.4 is 0 Å². The zero-order valence-corrected chi connectivity index (χ0v) is 15.3. The number of aromatic nitrogens is 4. The first kappa shape index (κ1) is 16.1. The molecule has 0 saturated carbocycles. The largest absolute Gasteiger partial charge is 0.355 e.